The van der Waals surface area contributed by atoms with Crippen LogP contribution in [-0.2, 0) is 24.4 Å². The second-order valence-electron chi connectivity index (χ2n) is 11.5. The summed E-state index contributed by atoms with van der Waals surface area (Å²) in [6.07, 6.45) is 0.258. The third-order valence-electron chi connectivity index (χ3n) is 6.04. The van der Waals surface area contributed by atoms with E-state index in [1.54, 1.807) is 32.3 Å². The Morgan fingerprint density at radius 1 is 1.17 bits per heavy atom. The molecular formula is C24H37N5O6S. The Labute approximate surface area is 214 Å². The van der Waals surface area contributed by atoms with E-state index in [-0.39, 0.29) is 24.6 Å². The standard InChI is InChI=1S/C24H37N5O6S/c1-14-16(12-28(20(25)31)29(22(33)34)24(5,6)7)36-19-17(14)18(30)27(13-23(2,3)4)21(32)26(19)11-15-9-8-10-35-15/h15H,8-13H2,1-7H3,(H2,25,31)(H,33,34). The highest BCUT2D eigenvalue weighted by atomic mass is 32.1. The van der Waals surface area contributed by atoms with Gasteiger partial charge in [0.1, 0.15) is 4.83 Å². The predicted molar refractivity (Wildman–Crippen MR) is 138 cm³/mol. The smallest absolute Gasteiger partial charge is 0.426 e. The van der Waals surface area contributed by atoms with E-state index in [2.05, 4.69) is 0 Å². The first-order chi connectivity index (χ1) is 16.5. The number of fused-ring (bicyclic) bond motifs is 1. The second-order valence-corrected chi connectivity index (χ2v) is 12.6. The molecule has 1 aliphatic heterocycles. The largest absolute Gasteiger partial charge is 0.464 e. The summed E-state index contributed by atoms with van der Waals surface area (Å²) in [6.45, 7) is 13.6. The molecule has 1 aliphatic rings. The molecule has 0 spiro atoms. The van der Waals surface area contributed by atoms with Gasteiger partial charge in [0.2, 0.25) is 0 Å². The van der Waals surface area contributed by atoms with Gasteiger partial charge in [-0.3, -0.25) is 13.9 Å². The number of hydrogen-bond acceptors (Lipinski definition) is 6. The average molecular weight is 524 g/mol. The van der Waals surface area contributed by atoms with Crippen LogP contribution in [0, 0.1) is 12.3 Å². The molecule has 2 aromatic rings. The number of carboxylic acid groups (broad SMARTS) is 1. The van der Waals surface area contributed by atoms with Gasteiger partial charge in [0.05, 0.1) is 30.1 Å². The molecule has 3 N–H and O–H groups in total. The highest BCUT2D eigenvalue weighted by Crippen LogP contribution is 2.31. The molecule has 1 atom stereocenters. The minimum absolute atomic E-state index is 0.136. The Balaban J connectivity index is 2.23. The van der Waals surface area contributed by atoms with Gasteiger partial charge in [-0.15, -0.1) is 11.3 Å². The lowest BCUT2D eigenvalue weighted by atomic mass is 9.97. The minimum Gasteiger partial charge on any atom is -0.464 e. The molecule has 0 aromatic carbocycles. The maximum Gasteiger partial charge on any atom is 0.426 e. The van der Waals surface area contributed by atoms with E-state index < -0.39 is 28.9 Å². The number of carbonyl (C=O) groups excluding carboxylic acids is 1. The van der Waals surface area contributed by atoms with Crippen LogP contribution in [0.4, 0.5) is 9.59 Å². The highest BCUT2D eigenvalue weighted by molar-refractivity contribution is 7.18. The molecule has 1 unspecified atom stereocenters. The van der Waals surface area contributed by atoms with Crippen molar-refractivity contribution in [1.82, 2.24) is 19.2 Å². The number of hydrogen-bond donors (Lipinski definition) is 2. The average Bonchev–Trinajstić information content (AvgIpc) is 3.34. The summed E-state index contributed by atoms with van der Waals surface area (Å²) in [4.78, 5) is 52.6. The lowest BCUT2D eigenvalue weighted by molar-refractivity contribution is -0.0374. The Morgan fingerprint density at radius 2 is 1.81 bits per heavy atom. The Bertz CT molecular complexity index is 1270. The van der Waals surface area contributed by atoms with E-state index in [4.69, 9.17) is 10.5 Å². The van der Waals surface area contributed by atoms with Crippen molar-refractivity contribution in [2.24, 2.45) is 11.1 Å². The Morgan fingerprint density at radius 3 is 2.28 bits per heavy atom. The summed E-state index contributed by atoms with van der Waals surface area (Å²) in [6, 6.07) is -0.939. The molecule has 3 rings (SSSR count). The minimum atomic E-state index is -1.33. The fourth-order valence-corrected chi connectivity index (χ4v) is 5.77. The molecule has 11 nitrogen and oxygen atoms in total. The monoisotopic (exact) mass is 523 g/mol. The van der Waals surface area contributed by atoms with Crippen molar-refractivity contribution in [3.63, 3.8) is 0 Å². The molecule has 1 fully saturated rings. The fraction of sp³-hybridized carbons (Fsp3) is 0.667. The number of carbonyl (C=O) groups is 2. The highest BCUT2D eigenvalue weighted by Gasteiger charge is 2.35. The third kappa shape index (κ3) is 5.59. The first-order valence-corrected chi connectivity index (χ1v) is 12.8. The molecule has 0 aliphatic carbocycles. The van der Waals surface area contributed by atoms with E-state index in [0.717, 1.165) is 22.9 Å². The first kappa shape index (κ1) is 27.7. The Hall–Kier alpha value is -2.86. The number of aryl methyl sites for hydroxylation is 1. The third-order valence-corrected chi connectivity index (χ3v) is 7.34. The summed E-state index contributed by atoms with van der Waals surface area (Å²) in [5, 5.41) is 12.0. The van der Waals surface area contributed by atoms with Crippen molar-refractivity contribution in [3.05, 3.63) is 31.3 Å². The van der Waals surface area contributed by atoms with Crippen molar-refractivity contribution in [1.29, 1.82) is 0 Å². The van der Waals surface area contributed by atoms with Gasteiger partial charge in [0.25, 0.3) is 5.56 Å². The molecular weight excluding hydrogens is 486 g/mol. The van der Waals surface area contributed by atoms with Crippen LogP contribution in [0.15, 0.2) is 9.59 Å². The lowest BCUT2D eigenvalue weighted by Gasteiger charge is -2.40. The second kappa shape index (κ2) is 9.89. The quantitative estimate of drug-likeness (QED) is 0.576. The van der Waals surface area contributed by atoms with Crippen LogP contribution in [0.5, 0.6) is 0 Å². The molecule has 2 aromatic heterocycles. The first-order valence-electron chi connectivity index (χ1n) is 12.0. The van der Waals surface area contributed by atoms with Crippen LogP contribution in [0.2, 0.25) is 0 Å². The van der Waals surface area contributed by atoms with Crippen molar-refractivity contribution in [2.75, 3.05) is 6.61 Å². The maximum absolute atomic E-state index is 13.6. The number of urea groups is 1. The number of ether oxygens (including phenoxy) is 1. The van der Waals surface area contributed by atoms with E-state index in [9.17, 15) is 24.3 Å². The van der Waals surface area contributed by atoms with Gasteiger partial charge >= 0.3 is 17.8 Å². The molecule has 3 amide bonds. The van der Waals surface area contributed by atoms with E-state index in [1.165, 1.54) is 15.9 Å². The van der Waals surface area contributed by atoms with Crippen LogP contribution in [-0.4, -0.2) is 54.6 Å². The van der Waals surface area contributed by atoms with Crippen LogP contribution in [0.1, 0.15) is 64.8 Å². The number of nitrogens with two attached hydrogens (primary N) is 1. The molecule has 1 saturated heterocycles. The van der Waals surface area contributed by atoms with Crippen LogP contribution in [0.3, 0.4) is 0 Å². The molecule has 0 saturated carbocycles. The number of rotatable bonds is 5. The molecule has 12 heteroatoms. The van der Waals surface area contributed by atoms with Crippen molar-refractivity contribution >= 4 is 33.7 Å². The molecule has 36 heavy (non-hydrogen) atoms. The van der Waals surface area contributed by atoms with E-state index >= 15 is 0 Å². The van der Waals surface area contributed by atoms with Gasteiger partial charge in [-0.1, -0.05) is 20.8 Å². The zero-order chi connectivity index (χ0) is 27.2. The van der Waals surface area contributed by atoms with E-state index in [0.29, 0.717) is 33.8 Å². The van der Waals surface area contributed by atoms with E-state index in [1.807, 2.05) is 20.8 Å². The number of amides is 3. The molecule has 0 radical (unpaired) electrons. The number of aromatic nitrogens is 2. The number of nitrogens with zero attached hydrogens (tertiary/aromatic N) is 4. The van der Waals surface area contributed by atoms with Gasteiger partial charge in [0.15, 0.2) is 0 Å². The van der Waals surface area contributed by atoms with Crippen molar-refractivity contribution in [2.45, 2.75) is 92.6 Å². The van der Waals surface area contributed by atoms with Gasteiger partial charge in [-0.25, -0.2) is 24.4 Å². The normalized spacial score (nSPS) is 16.5. The fourth-order valence-electron chi connectivity index (χ4n) is 4.49. The maximum atomic E-state index is 13.6. The zero-order valence-electron chi connectivity index (χ0n) is 22.1. The SMILES string of the molecule is Cc1c(CN(C(N)=O)N(C(=O)O)C(C)(C)C)sc2c1c(=O)n(CC(C)(C)C)c(=O)n2CC1CCCO1. The number of primary amides is 1. The zero-order valence-corrected chi connectivity index (χ0v) is 22.9. The van der Waals surface area contributed by atoms with Crippen LogP contribution in [0.25, 0.3) is 10.2 Å². The van der Waals surface area contributed by atoms with Gasteiger partial charge in [-0.2, -0.15) is 0 Å². The molecule has 200 valence electrons. The summed E-state index contributed by atoms with van der Waals surface area (Å²) >= 11 is 1.20. The summed E-state index contributed by atoms with van der Waals surface area (Å²) in [5.74, 6) is 0. The van der Waals surface area contributed by atoms with Crippen molar-refractivity contribution in [3.8, 4) is 0 Å². The summed E-state index contributed by atoms with van der Waals surface area (Å²) in [5.41, 5.74) is 4.12. The van der Waals surface area contributed by atoms with Crippen molar-refractivity contribution < 1.29 is 19.4 Å². The number of thiophene rings is 1. The predicted octanol–water partition coefficient (Wildman–Crippen LogP) is 3.33. The number of hydrazine groups is 1. The van der Waals surface area contributed by atoms with Crippen LogP contribution >= 0.6 is 11.3 Å². The van der Waals surface area contributed by atoms with Gasteiger partial charge in [-0.05, 0) is 51.5 Å². The lowest BCUT2D eigenvalue weighted by Crippen LogP contribution is -2.58. The molecule has 0 bridgehead atoms. The Kier molecular flexibility index (Phi) is 7.62. The summed E-state index contributed by atoms with van der Waals surface area (Å²) < 4.78 is 8.64. The molecule has 3 heterocycles. The van der Waals surface area contributed by atoms with Crippen LogP contribution < -0.4 is 17.0 Å². The van der Waals surface area contributed by atoms with Gasteiger partial charge < -0.3 is 15.6 Å². The summed E-state index contributed by atoms with van der Waals surface area (Å²) in [7, 11) is 0. The van der Waals surface area contributed by atoms with Gasteiger partial charge in [0, 0.05) is 18.0 Å². The topological polar surface area (TPSA) is 140 Å².